The first-order valence-electron chi connectivity index (χ1n) is 6.14. The van der Waals surface area contributed by atoms with Crippen LogP contribution in [0, 0.1) is 17.7 Å². The molecule has 1 saturated carbocycles. The SMILES string of the molecule is CC1CCCC[C@@H]1COc1ccc(F)cc1. The second-order valence-corrected chi connectivity index (χ2v) is 4.79. The average molecular weight is 222 g/mol. The lowest BCUT2D eigenvalue weighted by atomic mass is 9.81. The van der Waals surface area contributed by atoms with Crippen molar-refractivity contribution in [2.45, 2.75) is 32.6 Å². The molecule has 2 atom stereocenters. The van der Waals surface area contributed by atoms with E-state index in [0.717, 1.165) is 18.3 Å². The van der Waals surface area contributed by atoms with Crippen molar-refractivity contribution < 1.29 is 9.13 Å². The Balaban J connectivity index is 1.84. The molecule has 1 nitrogen and oxygen atoms in total. The van der Waals surface area contributed by atoms with Crippen LogP contribution in [-0.2, 0) is 0 Å². The Morgan fingerprint density at radius 2 is 1.88 bits per heavy atom. The number of hydrogen-bond acceptors (Lipinski definition) is 1. The minimum absolute atomic E-state index is 0.210. The zero-order chi connectivity index (χ0) is 11.4. The quantitative estimate of drug-likeness (QED) is 0.750. The molecule has 0 saturated heterocycles. The largest absolute Gasteiger partial charge is 0.493 e. The summed E-state index contributed by atoms with van der Waals surface area (Å²) in [6, 6.07) is 6.28. The number of rotatable bonds is 3. The van der Waals surface area contributed by atoms with Gasteiger partial charge in [-0.2, -0.15) is 0 Å². The maximum atomic E-state index is 12.7. The molecule has 1 aromatic rings. The monoisotopic (exact) mass is 222 g/mol. The van der Waals surface area contributed by atoms with Gasteiger partial charge in [0.2, 0.25) is 0 Å². The van der Waals surface area contributed by atoms with Crippen molar-refractivity contribution in [3.05, 3.63) is 30.1 Å². The van der Waals surface area contributed by atoms with Crippen molar-refractivity contribution in [3.63, 3.8) is 0 Å². The third-order valence-corrected chi connectivity index (χ3v) is 3.57. The summed E-state index contributed by atoms with van der Waals surface area (Å²) >= 11 is 0. The van der Waals surface area contributed by atoms with E-state index in [9.17, 15) is 4.39 Å². The van der Waals surface area contributed by atoms with Gasteiger partial charge < -0.3 is 4.74 Å². The molecule has 0 spiro atoms. The van der Waals surface area contributed by atoms with Gasteiger partial charge in [-0.1, -0.05) is 26.2 Å². The molecule has 1 fully saturated rings. The number of halogens is 1. The highest BCUT2D eigenvalue weighted by Gasteiger charge is 2.21. The molecule has 16 heavy (non-hydrogen) atoms. The van der Waals surface area contributed by atoms with E-state index in [2.05, 4.69) is 6.92 Å². The fourth-order valence-electron chi connectivity index (χ4n) is 2.37. The van der Waals surface area contributed by atoms with Gasteiger partial charge in [0.25, 0.3) is 0 Å². The van der Waals surface area contributed by atoms with E-state index < -0.39 is 0 Å². The van der Waals surface area contributed by atoms with Gasteiger partial charge in [0.05, 0.1) is 6.61 Å². The van der Waals surface area contributed by atoms with Gasteiger partial charge in [0.15, 0.2) is 0 Å². The molecule has 0 amide bonds. The van der Waals surface area contributed by atoms with Crippen LogP contribution in [0.2, 0.25) is 0 Å². The predicted molar refractivity (Wildman–Crippen MR) is 63.0 cm³/mol. The fourth-order valence-corrected chi connectivity index (χ4v) is 2.37. The average Bonchev–Trinajstić information content (AvgIpc) is 2.30. The second-order valence-electron chi connectivity index (χ2n) is 4.79. The lowest BCUT2D eigenvalue weighted by Crippen LogP contribution is -2.23. The van der Waals surface area contributed by atoms with Crippen LogP contribution >= 0.6 is 0 Å². The van der Waals surface area contributed by atoms with Crippen LogP contribution in [0.1, 0.15) is 32.6 Å². The van der Waals surface area contributed by atoms with Crippen LogP contribution in [0.5, 0.6) is 5.75 Å². The van der Waals surface area contributed by atoms with Gasteiger partial charge in [0.1, 0.15) is 11.6 Å². The lowest BCUT2D eigenvalue weighted by Gasteiger charge is -2.28. The Kier molecular flexibility index (Phi) is 3.81. The third-order valence-electron chi connectivity index (χ3n) is 3.57. The summed E-state index contributed by atoms with van der Waals surface area (Å²) in [7, 11) is 0. The molecule has 1 unspecified atom stereocenters. The van der Waals surface area contributed by atoms with E-state index in [-0.39, 0.29) is 5.82 Å². The first-order chi connectivity index (χ1) is 7.75. The van der Waals surface area contributed by atoms with E-state index in [4.69, 9.17) is 4.74 Å². The molecule has 0 aliphatic heterocycles. The lowest BCUT2D eigenvalue weighted by molar-refractivity contribution is 0.159. The molecule has 1 aliphatic carbocycles. The highest BCUT2D eigenvalue weighted by Crippen LogP contribution is 2.30. The standard InChI is InChI=1S/C14H19FO/c1-11-4-2-3-5-12(11)10-16-14-8-6-13(15)7-9-14/h6-9,11-12H,2-5,10H2,1H3/t11?,12-/m1/s1. The first-order valence-corrected chi connectivity index (χ1v) is 6.14. The summed E-state index contributed by atoms with van der Waals surface area (Å²) in [4.78, 5) is 0. The highest BCUT2D eigenvalue weighted by atomic mass is 19.1. The topological polar surface area (TPSA) is 9.23 Å². The summed E-state index contributed by atoms with van der Waals surface area (Å²) in [5.41, 5.74) is 0. The minimum atomic E-state index is -0.210. The van der Waals surface area contributed by atoms with Crippen LogP contribution in [0.3, 0.4) is 0 Å². The zero-order valence-electron chi connectivity index (χ0n) is 9.79. The van der Waals surface area contributed by atoms with Crippen molar-refractivity contribution in [2.75, 3.05) is 6.61 Å². The Morgan fingerprint density at radius 1 is 1.19 bits per heavy atom. The minimum Gasteiger partial charge on any atom is -0.493 e. The summed E-state index contributed by atoms with van der Waals surface area (Å²) in [5.74, 6) is 1.99. The molecular weight excluding hydrogens is 203 g/mol. The van der Waals surface area contributed by atoms with Gasteiger partial charge in [-0.25, -0.2) is 4.39 Å². The molecule has 2 heteroatoms. The summed E-state index contributed by atoms with van der Waals surface area (Å²) in [6.45, 7) is 3.07. The van der Waals surface area contributed by atoms with E-state index in [1.807, 2.05) is 0 Å². The van der Waals surface area contributed by atoms with Crippen molar-refractivity contribution in [1.29, 1.82) is 0 Å². The molecule has 0 bridgehead atoms. The van der Waals surface area contributed by atoms with Crippen molar-refractivity contribution in [3.8, 4) is 5.75 Å². The second kappa shape index (κ2) is 5.33. The van der Waals surface area contributed by atoms with Gasteiger partial charge in [-0.05, 0) is 42.5 Å². The molecule has 0 radical (unpaired) electrons. The number of benzene rings is 1. The molecule has 88 valence electrons. The Bertz CT molecular complexity index is 320. The van der Waals surface area contributed by atoms with Gasteiger partial charge in [-0.15, -0.1) is 0 Å². The van der Waals surface area contributed by atoms with E-state index in [1.54, 1.807) is 12.1 Å². The smallest absolute Gasteiger partial charge is 0.123 e. The molecular formula is C14H19FO. The normalized spacial score (nSPS) is 25.4. The fraction of sp³-hybridized carbons (Fsp3) is 0.571. The van der Waals surface area contributed by atoms with Crippen LogP contribution in [0.4, 0.5) is 4.39 Å². The Hall–Kier alpha value is -1.05. The number of hydrogen-bond donors (Lipinski definition) is 0. The van der Waals surface area contributed by atoms with Gasteiger partial charge in [0, 0.05) is 0 Å². The van der Waals surface area contributed by atoms with Crippen molar-refractivity contribution in [2.24, 2.45) is 11.8 Å². The molecule has 0 heterocycles. The Labute approximate surface area is 96.6 Å². The van der Waals surface area contributed by atoms with Crippen molar-refractivity contribution in [1.82, 2.24) is 0 Å². The zero-order valence-corrected chi connectivity index (χ0v) is 9.79. The van der Waals surface area contributed by atoms with E-state index >= 15 is 0 Å². The van der Waals surface area contributed by atoms with Crippen LogP contribution in [-0.4, -0.2) is 6.61 Å². The van der Waals surface area contributed by atoms with Crippen molar-refractivity contribution >= 4 is 0 Å². The molecule has 0 N–H and O–H groups in total. The van der Waals surface area contributed by atoms with Crippen LogP contribution in [0.15, 0.2) is 24.3 Å². The third kappa shape index (κ3) is 2.97. The van der Waals surface area contributed by atoms with Gasteiger partial charge in [-0.3, -0.25) is 0 Å². The molecule has 0 aromatic heterocycles. The Morgan fingerprint density at radius 3 is 2.56 bits per heavy atom. The summed E-state index contributed by atoms with van der Waals surface area (Å²) < 4.78 is 18.4. The highest BCUT2D eigenvalue weighted by molar-refractivity contribution is 5.22. The molecule has 1 aromatic carbocycles. The maximum absolute atomic E-state index is 12.7. The van der Waals surface area contributed by atoms with E-state index in [0.29, 0.717) is 5.92 Å². The maximum Gasteiger partial charge on any atom is 0.123 e. The predicted octanol–water partition coefficient (Wildman–Crippen LogP) is 4.03. The summed E-state index contributed by atoms with van der Waals surface area (Å²) in [6.07, 6.45) is 5.26. The van der Waals surface area contributed by atoms with Gasteiger partial charge >= 0.3 is 0 Å². The number of ether oxygens (including phenoxy) is 1. The first kappa shape index (κ1) is 11.4. The summed E-state index contributed by atoms with van der Waals surface area (Å²) in [5, 5.41) is 0. The van der Waals surface area contributed by atoms with Crippen LogP contribution in [0.25, 0.3) is 0 Å². The molecule has 2 rings (SSSR count). The van der Waals surface area contributed by atoms with Crippen LogP contribution < -0.4 is 4.74 Å². The van der Waals surface area contributed by atoms with E-state index in [1.165, 1.54) is 37.8 Å². The molecule has 1 aliphatic rings.